The summed E-state index contributed by atoms with van der Waals surface area (Å²) >= 11 is 5.86. The molecule has 0 aliphatic rings. The Kier molecular flexibility index (Phi) is 6.44. The fourth-order valence-electron chi connectivity index (χ4n) is 2.13. The van der Waals surface area contributed by atoms with E-state index in [9.17, 15) is 4.79 Å². The molecular formula is C19H17ClN2O3. The molecule has 0 heterocycles. The standard InChI is InChI=1S/C19H17ClN2O3/c1-3-4-13-5-8-17(18(9-13)24-2)25-12-19(23)22-15-6-7-16(20)14(10-15)11-21/h3-10H,12H2,1-2H3,(H,22,23)/b4-3+. The Morgan fingerprint density at radius 3 is 2.76 bits per heavy atom. The third kappa shape index (κ3) is 5.00. The minimum absolute atomic E-state index is 0.191. The molecule has 6 heteroatoms. The molecule has 0 fully saturated rings. The molecule has 0 bridgehead atoms. The third-order valence-corrected chi connectivity index (χ3v) is 3.61. The van der Waals surface area contributed by atoms with E-state index in [1.165, 1.54) is 6.07 Å². The van der Waals surface area contributed by atoms with Crippen molar-refractivity contribution < 1.29 is 14.3 Å². The van der Waals surface area contributed by atoms with Crippen LogP contribution in [0.4, 0.5) is 5.69 Å². The Hall–Kier alpha value is -2.97. The first kappa shape index (κ1) is 18.4. The lowest BCUT2D eigenvalue weighted by Gasteiger charge is -2.12. The summed E-state index contributed by atoms with van der Waals surface area (Å²) in [6.07, 6.45) is 3.86. The smallest absolute Gasteiger partial charge is 0.262 e. The van der Waals surface area contributed by atoms with Gasteiger partial charge in [-0.25, -0.2) is 0 Å². The predicted octanol–water partition coefficient (Wildman–Crippen LogP) is 4.27. The molecule has 0 spiro atoms. The zero-order valence-corrected chi connectivity index (χ0v) is 14.6. The van der Waals surface area contributed by atoms with Crippen LogP contribution in [0.2, 0.25) is 5.02 Å². The van der Waals surface area contributed by atoms with Crippen LogP contribution in [-0.4, -0.2) is 19.6 Å². The van der Waals surface area contributed by atoms with Gasteiger partial charge >= 0.3 is 0 Å². The fourth-order valence-corrected chi connectivity index (χ4v) is 2.29. The molecule has 0 saturated carbocycles. The summed E-state index contributed by atoms with van der Waals surface area (Å²) in [5.41, 5.74) is 1.74. The average Bonchev–Trinajstić information content (AvgIpc) is 2.62. The van der Waals surface area contributed by atoms with E-state index in [1.54, 1.807) is 25.3 Å². The number of benzene rings is 2. The van der Waals surface area contributed by atoms with Gasteiger partial charge in [-0.15, -0.1) is 0 Å². The van der Waals surface area contributed by atoms with Crippen molar-refractivity contribution in [3.8, 4) is 17.6 Å². The van der Waals surface area contributed by atoms with Gasteiger partial charge in [-0.3, -0.25) is 4.79 Å². The quantitative estimate of drug-likeness (QED) is 0.838. The van der Waals surface area contributed by atoms with E-state index in [0.29, 0.717) is 27.8 Å². The van der Waals surface area contributed by atoms with Crippen molar-refractivity contribution in [2.45, 2.75) is 6.92 Å². The summed E-state index contributed by atoms with van der Waals surface area (Å²) < 4.78 is 10.8. The highest BCUT2D eigenvalue weighted by molar-refractivity contribution is 6.31. The Morgan fingerprint density at radius 2 is 2.08 bits per heavy atom. The maximum absolute atomic E-state index is 12.0. The van der Waals surface area contributed by atoms with Gasteiger partial charge in [0.2, 0.25) is 0 Å². The molecule has 1 N–H and O–H groups in total. The summed E-state index contributed by atoms with van der Waals surface area (Å²) in [5, 5.41) is 12.0. The molecule has 25 heavy (non-hydrogen) atoms. The van der Waals surface area contributed by atoms with Crippen molar-refractivity contribution in [3.63, 3.8) is 0 Å². The van der Waals surface area contributed by atoms with E-state index in [2.05, 4.69) is 5.32 Å². The van der Waals surface area contributed by atoms with Gasteiger partial charge in [0.15, 0.2) is 18.1 Å². The number of anilines is 1. The molecule has 5 nitrogen and oxygen atoms in total. The van der Waals surface area contributed by atoms with Crippen LogP contribution in [0.1, 0.15) is 18.1 Å². The number of nitrogens with one attached hydrogen (secondary N) is 1. The van der Waals surface area contributed by atoms with Crippen molar-refractivity contribution in [3.05, 3.63) is 58.6 Å². The molecule has 0 saturated heterocycles. The second kappa shape index (κ2) is 8.76. The molecule has 2 aromatic carbocycles. The SMILES string of the molecule is C/C=C/c1ccc(OCC(=O)Nc2ccc(Cl)c(C#N)c2)c(OC)c1. The zero-order chi connectivity index (χ0) is 18.2. The van der Waals surface area contributed by atoms with Crippen molar-refractivity contribution >= 4 is 29.3 Å². The number of nitriles is 1. The first-order chi connectivity index (χ1) is 12.1. The maximum atomic E-state index is 12.0. The molecular weight excluding hydrogens is 340 g/mol. The lowest BCUT2D eigenvalue weighted by molar-refractivity contribution is -0.118. The van der Waals surface area contributed by atoms with Crippen LogP contribution in [0.15, 0.2) is 42.5 Å². The van der Waals surface area contributed by atoms with Crippen LogP contribution in [-0.2, 0) is 4.79 Å². The van der Waals surface area contributed by atoms with Gasteiger partial charge in [-0.05, 0) is 42.8 Å². The second-order valence-electron chi connectivity index (χ2n) is 5.05. The molecule has 0 radical (unpaired) electrons. The minimum Gasteiger partial charge on any atom is -0.493 e. The average molecular weight is 357 g/mol. The van der Waals surface area contributed by atoms with Crippen molar-refractivity contribution in [2.24, 2.45) is 0 Å². The summed E-state index contributed by atoms with van der Waals surface area (Å²) in [6, 6.07) is 12.1. The molecule has 1 amide bonds. The highest BCUT2D eigenvalue weighted by Gasteiger charge is 2.09. The topological polar surface area (TPSA) is 71.3 Å². The number of halogens is 1. The van der Waals surface area contributed by atoms with Crippen LogP contribution >= 0.6 is 11.6 Å². The van der Waals surface area contributed by atoms with Crippen LogP contribution < -0.4 is 14.8 Å². The van der Waals surface area contributed by atoms with Gasteiger partial charge in [0, 0.05) is 5.69 Å². The molecule has 0 aromatic heterocycles. The van der Waals surface area contributed by atoms with Crippen LogP contribution in [0.3, 0.4) is 0 Å². The van der Waals surface area contributed by atoms with Crippen molar-refractivity contribution in [1.29, 1.82) is 5.26 Å². The Morgan fingerprint density at radius 1 is 1.28 bits per heavy atom. The number of nitrogens with zero attached hydrogens (tertiary/aromatic N) is 1. The number of amides is 1. The molecule has 0 unspecified atom stereocenters. The van der Waals surface area contributed by atoms with Gasteiger partial charge < -0.3 is 14.8 Å². The van der Waals surface area contributed by atoms with Gasteiger partial charge in [-0.1, -0.05) is 29.8 Å². The predicted molar refractivity (Wildman–Crippen MR) is 98.0 cm³/mol. The van der Waals surface area contributed by atoms with E-state index in [4.69, 9.17) is 26.3 Å². The number of carbonyl (C=O) groups excluding carboxylic acids is 1. The summed E-state index contributed by atoms with van der Waals surface area (Å²) in [6.45, 7) is 1.74. The number of hydrogen-bond donors (Lipinski definition) is 1. The summed E-state index contributed by atoms with van der Waals surface area (Å²) in [4.78, 5) is 12.0. The van der Waals surface area contributed by atoms with E-state index in [-0.39, 0.29) is 12.5 Å². The molecule has 0 aliphatic heterocycles. The number of carbonyl (C=O) groups is 1. The van der Waals surface area contributed by atoms with E-state index in [0.717, 1.165) is 5.56 Å². The Labute approximate surface area is 151 Å². The normalized spacial score (nSPS) is 10.3. The molecule has 0 aliphatic carbocycles. The Bertz CT molecular complexity index is 841. The lowest BCUT2D eigenvalue weighted by Crippen LogP contribution is -2.20. The number of ether oxygens (including phenoxy) is 2. The van der Waals surface area contributed by atoms with Gasteiger partial charge in [-0.2, -0.15) is 5.26 Å². The van der Waals surface area contributed by atoms with E-state index >= 15 is 0 Å². The molecule has 128 valence electrons. The molecule has 2 aromatic rings. The number of methoxy groups -OCH3 is 1. The highest BCUT2D eigenvalue weighted by atomic mass is 35.5. The van der Waals surface area contributed by atoms with Crippen molar-refractivity contribution in [2.75, 3.05) is 19.0 Å². The monoisotopic (exact) mass is 356 g/mol. The summed E-state index contributed by atoms with van der Waals surface area (Å²) in [5.74, 6) is 0.659. The second-order valence-corrected chi connectivity index (χ2v) is 5.46. The van der Waals surface area contributed by atoms with Crippen LogP contribution in [0, 0.1) is 11.3 Å². The highest BCUT2D eigenvalue weighted by Crippen LogP contribution is 2.28. The molecule has 0 atom stereocenters. The first-order valence-corrected chi connectivity index (χ1v) is 7.88. The van der Waals surface area contributed by atoms with Gasteiger partial charge in [0.25, 0.3) is 5.91 Å². The van der Waals surface area contributed by atoms with Gasteiger partial charge in [0.1, 0.15) is 6.07 Å². The lowest BCUT2D eigenvalue weighted by atomic mass is 10.2. The van der Waals surface area contributed by atoms with Crippen molar-refractivity contribution in [1.82, 2.24) is 0 Å². The van der Waals surface area contributed by atoms with E-state index < -0.39 is 0 Å². The number of allylic oxidation sites excluding steroid dienone is 1. The molecule has 2 rings (SSSR count). The van der Waals surface area contributed by atoms with Gasteiger partial charge in [0.05, 0.1) is 17.7 Å². The van der Waals surface area contributed by atoms with E-state index in [1.807, 2.05) is 37.3 Å². The summed E-state index contributed by atoms with van der Waals surface area (Å²) in [7, 11) is 1.54. The van der Waals surface area contributed by atoms with Crippen LogP contribution in [0.25, 0.3) is 6.08 Å². The number of hydrogen-bond acceptors (Lipinski definition) is 4. The third-order valence-electron chi connectivity index (χ3n) is 3.28. The van der Waals surface area contributed by atoms with Crippen LogP contribution in [0.5, 0.6) is 11.5 Å². The maximum Gasteiger partial charge on any atom is 0.262 e. The zero-order valence-electron chi connectivity index (χ0n) is 13.9. The number of rotatable bonds is 6. The fraction of sp³-hybridized carbons (Fsp3) is 0.158. The minimum atomic E-state index is -0.356. The Balaban J connectivity index is 2.01. The largest absolute Gasteiger partial charge is 0.493 e. The first-order valence-electron chi connectivity index (χ1n) is 7.50.